The number of nitrogens with one attached hydrogen (secondary N) is 3. The van der Waals surface area contributed by atoms with E-state index >= 15 is 0 Å². The van der Waals surface area contributed by atoms with Gasteiger partial charge < -0.3 is 19.4 Å². The first kappa shape index (κ1) is 11.7. The van der Waals surface area contributed by atoms with Crippen molar-refractivity contribution in [3.63, 3.8) is 0 Å². The molecule has 0 amide bonds. The Morgan fingerprint density at radius 1 is 0.833 bits per heavy atom. The predicted octanol–water partition coefficient (Wildman–Crippen LogP) is 1.91. The van der Waals surface area contributed by atoms with Crippen LogP contribution in [0.1, 0.15) is 0 Å². The van der Waals surface area contributed by atoms with Gasteiger partial charge in [-0.25, -0.2) is 24.9 Å². The molecule has 0 aliphatic heterocycles. The average molecular weight is 317 g/mol. The van der Waals surface area contributed by atoms with Gasteiger partial charge in [0.1, 0.15) is 11.0 Å². The fraction of sp³-hybridized carbons (Fsp3) is 0. The van der Waals surface area contributed by atoms with Gasteiger partial charge in [-0.15, -0.1) is 0 Å². The number of fused-ring (bicyclic) bond motifs is 4. The number of imidazole rings is 2. The lowest BCUT2D eigenvalue weighted by molar-refractivity contribution is 0.614. The zero-order chi connectivity index (χ0) is 15.7. The van der Waals surface area contributed by atoms with Crippen LogP contribution in [0.15, 0.2) is 29.1 Å². The second-order valence-corrected chi connectivity index (χ2v) is 5.29. The van der Waals surface area contributed by atoms with Crippen molar-refractivity contribution < 1.29 is 4.42 Å². The molecule has 6 heterocycles. The molecule has 0 aliphatic rings. The highest BCUT2D eigenvalue weighted by Gasteiger charge is 2.15. The standard InChI is InChI=1S/C14H7N9O/c1-2-15-8-5(1)18-6-3-7(24-14(6)23-8)9-19-12-13(20-9)22-11-10(21-12)16-4-17-11/h1-4H,(H,15,23)(H2,16,17,19,20,21,22). The molecule has 10 nitrogen and oxygen atoms in total. The van der Waals surface area contributed by atoms with Crippen LogP contribution in [-0.4, -0.2) is 44.9 Å². The van der Waals surface area contributed by atoms with Gasteiger partial charge in [0.25, 0.3) is 0 Å². The highest BCUT2D eigenvalue weighted by molar-refractivity contribution is 5.85. The molecule has 6 aromatic rings. The van der Waals surface area contributed by atoms with Crippen LogP contribution in [0.4, 0.5) is 0 Å². The first-order valence-electron chi connectivity index (χ1n) is 7.15. The molecule has 0 aliphatic carbocycles. The van der Waals surface area contributed by atoms with Gasteiger partial charge in [0.05, 0.1) is 6.33 Å². The summed E-state index contributed by atoms with van der Waals surface area (Å²) in [7, 11) is 0. The molecular weight excluding hydrogens is 310 g/mol. The van der Waals surface area contributed by atoms with E-state index in [-0.39, 0.29) is 0 Å². The Labute approximate surface area is 131 Å². The molecule has 0 saturated carbocycles. The third-order valence-electron chi connectivity index (χ3n) is 3.79. The Kier molecular flexibility index (Phi) is 1.92. The lowest BCUT2D eigenvalue weighted by atomic mass is 10.4. The van der Waals surface area contributed by atoms with E-state index in [9.17, 15) is 0 Å². The van der Waals surface area contributed by atoms with Crippen LogP contribution in [-0.2, 0) is 0 Å². The number of hydrogen-bond donors (Lipinski definition) is 3. The van der Waals surface area contributed by atoms with Crippen molar-refractivity contribution in [3.8, 4) is 11.6 Å². The maximum Gasteiger partial charge on any atom is 0.247 e. The Morgan fingerprint density at radius 3 is 2.83 bits per heavy atom. The zero-order valence-electron chi connectivity index (χ0n) is 11.9. The third-order valence-corrected chi connectivity index (χ3v) is 3.79. The van der Waals surface area contributed by atoms with Gasteiger partial charge in [0.2, 0.25) is 5.71 Å². The summed E-state index contributed by atoms with van der Waals surface area (Å²) in [6, 6.07) is 3.65. The van der Waals surface area contributed by atoms with E-state index in [2.05, 4.69) is 44.9 Å². The topological polar surface area (TPSA) is 138 Å². The number of H-pyrrole nitrogens is 3. The molecule has 0 unspecified atom stereocenters. The molecule has 24 heavy (non-hydrogen) atoms. The molecule has 114 valence electrons. The van der Waals surface area contributed by atoms with E-state index in [0.717, 1.165) is 5.52 Å². The maximum atomic E-state index is 5.77. The van der Waals surface area contributed by atoms with Crippen molar-refractivity contribution in [3.05, 3.63) is 24.7 Å². The monoisotopic (exact) mass is 317 g/mol. The largest absolute Gasteiger partial charge is 0.433 e. The van der Waals surface area contributed by atoms with E-state index in [1.54, 1.807) is 18.6 Å². The van der Waals surface area contributed by atoms with Crippen molar-refractivity contribution in [1.82, 2.24) is 44.9 Å². The van der Waals surface area contributed by atoms with Crippen molar-refractivity contribution >= 4 is 45.0 Å². The minimum Gasteiger partial charge on any atom is -0.433 e. The molecule has 0 aromatic carbocycles. The van der Waals surface area contributed by atoms with Crippen molar-refractivity contribution in [2.45, 2.75) is 0 Å². The predicted molar refractivity (Wildman–Crippen MR) is 84.0 cm³/mol. The molecule has 6 aromatic heterocycles. The quantitative estimate of drug-likeness (QED) is 0.421. The molecule has 0 spiro atoms. The lowest BCUT2D eigenvalue weighted by Gasteiger charge is -1.88. The molecule has 6 rings (SSSR count). The summed E-state index contributed by atoms with van der Waals surface area (Å²) in [6.07, 6.45) is 3.33. The van der Waals surface area contributed by atoms with Gasteiger partial charge in [-0.05, 0) is 6.07 Å². The summed E-state index contributed by atoms with van der Waals surface area (Å²) in [6.45, 7) is 0. The minimum absolute atomic E-state index is 0.440. The summed E-state index contributed by atoms with van der Waals surface area (Å²) in [5.41, 5.74) is 4.69. The summed E-state index contributed by atoms with van der Waals surface area (Å²) >= 11 is 0. The average Bonchev–Trinajstić information content (AvgIpc) is 3.33. The van der Waals surface area contributed by atoms with Crippen LogP contribution in [0, 0.1) is 0 Å². The first-order valence-corrected chi connectivity index (χ1v) is 7.15. The summed E-state index contributed by atoms with van der Waals surface area (Å²) in [5.74, 6) is 1.04. The van der Waals surface area contributed by atoms with Crippen LogP contribution in [0.3, 0.4) is 0 Å². The molecule has 0 atom stereocenters. The van der Waals surface area contributed by atoms with Gasteiger partial charge in [-0.2, -0.15) is 4.98 Å². The highest BCUT2D eigenvalue weighted by atomic mass is 16.3. The molecule has 0 fully saturated rings. The number of nitrogens with zero attached hydrogens (tertiary/aromatic N) is 6. The van der Waals surface area contributed by atoms with E-state index in [1.165, 1.54) is 0 Å². The van der Waals surface area contributed by atoms with Gasteiger partial charge in [0, 0.05) is 12.3 Å². The highest BCUT2D eigenvalue weighted by Crippen LogP contribution is 2.26. The SMILES string of the molecule is c1cc2nc3cc(-c4nc5nc6nc[nH]c6nc5[nH]4)oc3nc2[nH]1. The van der Waals surface area contributed by atoms with E-state index in [4.69, 9.17) is 4.42 Å². The molecule has 10 heteroatoms. The zero-order valence-corrected chi connectivity index (χ0v) is 11.9. The number of aromatic nitrogens is 9. The maximum absolute atomic E-state index is 5.77. The molecule has 0 radical (unpaired) electrons. The summed E-state index contributed by atoms with van der Waals surface area (Å²) < 4.78 is 5.77. The Hall–Kier alpha value is -3.82. The number of aromatic amines is 3. The minimum atomic E-state index is 0.440. The Morgan fingerprint density at radius 2 is 1.83 bits per heavy atom. The van der Waals surface area contributed by atoms with E-state index in [0.29, 0.717) is 51.1 Å². The van der Waals surface area contributed by atoms with Crippen molar-refractivity contribution in [2.75, 3.05) is 0 Å². The lowest BCUT2D eigenvalue weighted by Crippen LogP contribution is -1.84. The molecule has 0 saturated heterocycles. The summed E-state index contributed by atoms with van der Waals surface area (Å²) in [5, 5.41) is 0. The third kappa shape index (κ3) is 1.48. The van der Waals surface area contributed by atoms with Crippen molar-refractivity contribution in [2.24, 2.45) is 0 Å². The van der Waals surface area contributed by atoms with Crippen LogP contribution in [0.2, 0.25) is 0 Å². The fourth-order valence-electron chi connectivity index (χ4n) is 2.70. The summed E-state index contributed by atoms with van der Waals surface area (Å²) in [4.78, 5) is 35.2. The van der Waals surface area contributed by atoms with Gasteiger partial charge in [0.15, 0.2) is 39.8 Å². The normalized spacial score (nSPS) is 12.2. The van der Waals surface area contributed by atoms with Gasteiger partial charge in [-0.3, -0.25) is 0 Å². The molecule has 3 N–H and O–H groups in total. The van der Waals surface area contributed by atoms with E-state index in [1.807, 2.05) is 6.07 Å². The van der Waals surface area contributed by atoms with Gasteiger partial charge >= 0.3 is 0 Å². The van der Waals surface area contributed by atoms with E-state index < -0.39 is 0 Å². The first-order chi connectivity index (χ1) is 11.8. The molecular formula is C14H7N9O. The number of hydrogen-bond acceptors (Lipinski definition) is 7. The molecule has 0 bridgehead atoms. The Bertz CT molecular complexity index is 1170. The number of rotatable bonds is 1. The second kappa shape index (κ2) is 3.93. The second-order valence-electron chi connectivity index (χ2n) is 5.29. The van der Waals surface area contributed by atoms with Gasteiger partial charge in [-0.1, -0.05) is 0 Å². The number of furan rings is 1. The van der Waals surface area contributed by atoms with Crippen LogP contribution in [0.25, 0.3) is 56.6 Å². The van der Waals surface area contributed by atoms with Crippen LogP contribution < -0.4 is 0 Å². The Balaban J connectivity index is 1.58. The van der Waals surface area contributed by atoms with Crippen LogP contribution >= 0.6 is 0 Å². The van der Waals surface area contributed by atoms with Crippen LogP contribution in [0.5, 0.6) is 0 Å². The fourth-order valence-corrected chi connectivity index (χ4v) is 2.70. The van der Waals surface area contributed by atoms with Crippen molar-refractivity contribution in [1.29, 1.82) is 0 Å². The smallest absolute Gasteiger partial charge is 0.247 e.